The first-order valence-electron chi connectivity index (χ1n) is 11.8. The van der Waals surface area contributed by atoms with Gasteiger partial charge in [0.2, 0.25) is 35.4 Å². The van der Waals surface area contributed by atoms with Gasteiger partial charge in [-0.25, -0.2) is 0 Å². The summed E-state index contributed by atoms with van der Waals surface area (Å²) in [5, 5.41) is 50.1. The standard InChI is InChI=1S/C21H37N7O11/c1-3-10(2)17(28-20(38)12(8-30)25-15(33)5-23-14(32)4-22)21(39)27-13(9-31)19(37)26-11(7-29)18(36)24-6-16(34)35/h10-13,17,29-31H,3-9,22H2,1-2H3,(H,23,32)(H,24,36)(H,25,33)(H,26,37)(H,27,39)(H,28,38)(H,34,35)/t10-,11-,12-,13-,17-/m0/s1. The van der Waals surface area contributed by atoms with Gasteiger partial charge in [-0.1, -0.05) is 20.3 Å². The van der Waals surface area contributed by atoms with Gasteiger partial charge in [-0.3, -0.25) is 33.6 Å². The number of aliphatic hydroxyl groups excluding tert-OH is 3. The minimum atomic E-state index is -1.64. The number of amides is 6. The molecule has 0 saturated heterocycles. The summed E-state index contributed by atoms with van der Waals surface area (Å²) >= 11 is 0. The number of nitrogens with two attached hydrogens (primary N) is 1. The highest BCUT2D eigenvalue weighted by molar-refractivity contribution is 5.96. The molecule has 12 N–H and O–H groups in total. The van der Waals surface area contributed by atoms with E-state index in [-0.39, 0.29) is 6.54 Å². The van der Waals surface area contributed by atoms with Crippen molar-refractivity contribution in [1.82, 2.24) is 31.9 Å². The maximum absolute atomic E-state index is 12.9. The van der Waals surface area contributed by atoms with Gasteiger partial charge in [0.15, 0.2) is 0 Å². The van der Waals surface area contributed by atoms with E-state index >= 15 is 0 Å². The highest BCUT2D eigenvalue weighted by Crippen LogP contribution is 2.09. The van der Waals surface area contributed by atoms with Crippen LogP contribution in [-0.2, 0) is 33.6 Å². The second-order valence-electron chi connectivity index (χ2n) is 8.25. The van der Waals surface area contributed by atoms with Crippen molar-refractivity contribution in [2.75, 3.05) is 39.5 Å². The minimum Gasteiger partial charge on any atom is -0.480 e. The molecular weight excluding hydrogens is 526 g/mol. The van der Waals surface area contributed by atoms with Gasteiger partial charge < -0.3 is 58.1 Å². The Bertz CT molecular complexity index is 886. The third-order valence-electron chi connectivity index (χ3n) is 5.30. The summed E-state index contributed by atoms with van der Waals surface area (Å²) in [5.41, 5.74) is 5.11. The number of rotatable bonds is 18. The van der Waals surface area contributed by atoms with Gasteiger partial charge in [0.05, 0.1) is 32.9 Å². The number of carboxylic acid groups (broad SMARTS) is 1. The Morgan fingerprint density at radius 1 is 0.667 bits per heavy atom. The van der Waals surface area contributed by atoms with E-state index in [4.69, 9.17) is 10.8 Å². The van der Waals surface area contributed by atoms with Gasteiger partial charge in [-0.05, 0) is 5.92 Å². The van der Waals surface area contributed by atoms with E-state index in [0.29, 0.717) is 6.42 Å². The Kier molecular flexibility index (Phi) is 16.6. The number of carbonyl (C=O) groups is 7. The van der Waals surface area contributed by atoms with Crippen molar-refractivity contribution in [3.63, 3.8) is 0 Å². The summed E-state index contributed by atoms with van der Waals surface area (Å²) in [5.74, 6) is -7.37. The van der Waals surface area contributed by atoms with Crippen LogP contribution in [0.15, 0.2) is 0 Å². The fourth-order valence-electron chi connectivity index (χ4n) is 2.85. The molecule has 0 aliphatic rings. The summed E-state index contributed by atoms with van der Waals surface area (Å²) < 4.78 is 0. The van der Waals surface area contributed by atoms with E-state index in [9.17, 15) is 48.9 Å². The highest BCUT2D eigenvalue weighted by atomic mass is 16.4. The van der Waals surface area contributed by atoms with Crippen LogP contribution in [0.1, 0.15) is 20.3 Å². The van der Waals surface area contributed by atoms with E-state index in [1.807, 2.05) is 5.32 Å². The van der Waals surface area contributed by atoms with Crippen molar-refractivity contribution in [2.45, 2.75) is 44.4 Å². The molecule has 39 heavy (non-hydrogen) atoms. The molecule has 0 heterocycles. The van der Waals surface area contributed by atoms with Crippen LogP contribution in [0.2, 0.25) is 0 Å². The van der Waals surface area contributed by atoms with Crippen LogP contribution < -0.4 is 37.6 Å². The van der Waals surface area contributed by atoms with Gasteiger partial charge in [0.25, 0.3) is 0 Å². The topological polar surface area (TPSA) is 299 Å². The molecule has 0 saturated carbocycles. The molecule has 0 unspecified atom stereocenters. The highest BCUT2D eigenvalue weighted by Gasteiger charge is 2.33. The van der Waals surface area contributed by atoms with E-state index in [2.05, 4.69) is 26.6 Å². The van der Waals surface area contributed by atoms with Crippen molar-refractivity contribution in [1.29, 1.82) is 0 Å². The number of carbonyl (C=O) groups excluding carboxylic acids is 6. The normalized spacial score (nSPS) is 14.4. The average Bonchev–Trinajstić information content (AvgIpc) is 2.92. The molecular formula is C21H37N7O11. The molecule has 0 radical (unpaired) electrons. The summed E-state index contributed by atoms with van der Waals surface area (Å²) in [4.78, 5) is 83.8. The van der Waals surface area contributed by atoms with Gasteiger partial charge in [-0.15, -0.1) is 0 Å². The molecule has 222 valence electrons. The Hall–Kier alpha value is -3.87. The van der Waals surface area contributed by atoms with Gasteiger partial charge in [0, 0.05) is 0 Å². The van der Waals surface area contributed by atoms with Crippen LogP contribution >= 0.6 is 0 Å². The summed E-state index contributed by atoms with van der Waals surface area (Å²) in [7, 11) is 0. The Balaban J connectivity index is 5.38. The molecule has 0 aromatic heterocycles. The maximum Gasteiger partial charge on any atom is 0.322 e. The summed E-state index contributed by atoms with van der Waals surface area (Å²) in [6.45, 7) is -1.11. The monoisotopic (exact) mass is 563 g/mol. The predicted molar refractivity (Wildman–Crippen MR) is 131 cm³/mol. The van der Waals surface area contributed by atoms with Crippen molar-refractivity contribution in [2.24, 2.45) is 11.7 Å². The van der Waals surface area contributed by atoms with E-state index in [0.717, 1.165) is 0 Å². The zero-order valence-electron chi connectivity index (χ0n) is 21.6. The zero-order chi connectivity index (χ0) is 30.1. The van der Waals surface area contributed by atoms with Crippen molar-refractivity contribution >= 4 is 41.4 Å². The molecule has 5 atom stereocenters. The smallest absolute Gasteiger partial charge is 0.322 e. The maximum atomic E-state index is 12.9. The van der Waals surface area contributed by atoms with Crippen molar-refractivity contribution in [3.05, 3.63) is 0 Å². The van der Waals surface area contributed by atoms with Crippen molar-refractivity contribution < 1.29 is 54.0 Å². The molecule has 0 spiro atoms. The second-order valence-corrected chi connectivity index (χ2v) is 8.25. The fourth-order valence-corrected chi connectivity index (χ4v) is 2.85. The second kappa shape index (κ2) is 18.4. The summed E-state index contributed by atoms with van der Waals surface area (Å²) in [6.07, 6.45) is 0.353. The SMILES string of the molecule is CC[C@H](C)[C@H](NC(=O)[C@H](CO)NC(=O)CNC(=O)CN)C(=O)N[C@@H](CO)C(=O)N[C@@H](CO)C(=O)NCC(=O)O. The number of aliphatic hydroxyl groups is 3. The quantitative estimate of drug-likeness (QED) is 0.0741. The zero-order valence-corrected chi connectivity index (χ0v) is 21.6. The Morgan fingerprint density at radius 2 is 1.15 bits per heavy atom. The molecule has 0 aromatic rings. The summed E-state index contributed by atoms with van der Waals surface area (Å²) in [6, 6.07) is -6.03. The number of hydrogen-bond donors (Lipinski definition) is 11. The minimum absolute atomic E-state index is 0.353. The van der Waals surface area contributed by atoms with E-state index in [1.54, 1.807) is 13.8 Å². The van der Waals surface area contributed by atoms with Crippen molar-refractivity contribution in [3.8, 4) is 0 Å². The largest absolute Gasteiger partial charge is 0.480 e. The first-order chi connectivity index (χ1) is 18.3. The number of carboxylic acids is 1. The molecule has 0 fully saturated rings. The third-order valence-corrected chi connectivity index (χ3v) is 5.30. The average molecular weight is 564 g/mol. The molecule has 0 rings (SSSR count). The molecule has 0 aliphatic carbocycles. The molecule has 18 nitrogen and oxygen atoms in total. The van der Waals surface area contributed by atoms with E-state index in [1.165, 1.54) is 0 Å². The molecule has 0 aliphatic heterocycles. The first-order valence-corrected chi connectivity index (χ1v) is 11.8. The molecule has 18 heteroatoms. The van der Waals surface area contributed by atoms with E-state index < -0.39 is 104 Å². The Labute approximate surface area is 223 Å². The Morgan fingerprint density at radius 3 is 1.64 bits per heavy atom. The number of aliphatic carboxylic acids is 1. The van der Waals surface area contributed by atoms with Crippen LogP contribution in [-0.4, -0.2) is 125 Å². The van der Waals surface area contributed by atoms with Crippen LogP contribution in [0.25, 0.3) is 0 Å². The number of nitrogens with one attached hydrogen (secondary N) is 6. The lowest BCUT2D eigenvalue weighted by Crippen LogP contribution is -2.61. The van der Waals surface area contributed by atoms with Crippen LogP contribution in [0.3, 0.4) is 0 Å². The first kappa shape index (κ1) is 35.1. The predicted octanol–water partition coefficient (Wildman–Crippen LogP) is -6.78. The molecule has 0 aromatic carbocycles. The van der Waals surface area contributed by atoms with Gasteiger partial charge in [-0.2, -0.15) is 0 Å². The third kappa shape index (κ3) is 13.0. The molecule has 6 amide bonds. The number of hydrogen-bond acceptors (Lipinski definition) is 11. The lowest BCUT2D eigenvalue weighted by Gasteiger charge is -2.28. The fraction of sp³-hybridized carbons (Fsp3) is 0.667. The lowest BCUT2D eigenvalue weighted by atomic mass is 9.97. The molecule has 0 bridgehead atoms. The van der Waals surface area contributed by atoms with Crippen LogP contribution in [0.5, 0.6) is 0 Å². The van der Waals surface area contributed by atoms with Crippen LogP contribution in [0.4, 0.5) is 0 Å². The van der Waals surface area contributed by atoms with Gasteiger partial charge in [0.1, 0.15) is 30.7 Å². The lowest BCUT2D eigenvalue weighted by molar-refractivity contribution is -0.139. The van der Waals surface area contributed by atoms with Crippen LogP contribution in [0, 0.1) is 5.92 Å². The van der Waals surface area contributed by atoms with Gasteiger partial charge >= 0.3 is 5.97 Å².